The number of allylic oxidation sites excluding steroid dienone is 3. The van der Waals surface area contributed by atoms with Gasteiger partial charge in [0.05, 0.1) is 18.4 Å². The molecular weight excluding hydrogens is 440 g/mol. The highest BCUT2D eigenvalue weighted by Gasteiger charge is 2.38. The van der Waals surface area contributed by atoms with Crippen molar-refractivity contribution in [2.75, 3.05) is 19.7 Å². The highest BCUT2D eigenvalue weighted by molar-refractivity contribution is 6.01. The van der Waals surface area contributed by atoms with E-state index in [9.17, 15) is 19.8 Å². The van der Waals surface area contributed by atoms with Crippen molar-refractivity contribution in [2.45, 2.75) is 57.8 Å². The van der Waals surface area contributed by atoms with E-state index in [0.29, 0.717) is 36.2 Å². The molecule has 1 aromatic rings. The van der Waals surface area contributed by atoms with Gasteiger partial charge in [-0.15, -0.1) is 0 Å². The van der Waals surface area contributed by atoms with Gasteiger partial charge >= 0.3 is 5.97 Å². The number of benzene rings is 1. The number of amides is 1. The number of fused-ring (bicyclic) bond motifs is 2. The Morgan fingerprint density at radius 2 is 2.06 bits per heavy atom. The van der Waals surface area contributed by atoms with Crippen LogP contribution in [0.15, 0.2) is 35.5 Å². The molecule has 2 saturated heterocycles. The van der Waals surface area contributed by atoms with Gasteiger partial charge in [0.15, 0.2) is 0 Å². The third-order valence-corrected chi connectivity index (χ3v) is 6.23. The summed E-state index contributed by atoms with van der Waals surface area (Å²) >= 11 is 0. The fraction of sp³-hybridized carbons (Fsp3) is 0.480. The molecule has 2 N–H and O–H groups in total. The van der Waals surface area contributed by atoms with E-state index in [4.69, 9.17) is 14.3 Å². The lowest BCUT2D eigenvalue weighted by Crippen LogP contribution is -2.28. The van der Waals surface area contributed by atoms with Crippen LogP contribution in [0.25, 0.3) is 0 Å². The van der Waals surface area contributed by atoms with Crippen LogP contribution in [-0.2, 0) is 25.5 Å². The lowest BCUT2D eigenvalue weighted by molar-refractivity contribution is -0.128. The van der Waals surface area contributed by atoms with Gasteiger partial charge in [0.1, 0.15) is 35.9 Å². The average Bonchev–Trinajstić information content (AvgIpc) is 3.38. The van der Waals surface area contributed by atoms with Crippen molar-refractivity contribution < 1.29 is 34.1 Å². The number of ether oxygens (including phenoxy) is 2. The zero-order chi connectivity index (χ0) is 24.2. The van der Waals surface area contributed by atoms with E-state index in [-0.39, 0.29) is 48.2 Å². The maximum Gasteiger partial charge on any atom is 0.342 e. The molecular formula is C25H30N2O7. The summed E-state index contributed by atoms with van der Waals surface area (Å²) in [6.45, 7) is 4.84. The SMILES string of the molecule is Cc1c(O)cc(O)c2c1CC(=N\OCCN1CCCC1=O)/C=C/C=C\C1O[C@@H]1C[C@@H](C)OC2=O. The zero-order valence-corrected chi connectivity index (χ0v) is 19.4. The lowest BCUT2D eigenvalue weighted by atomic mass is 9.94. The molecule has 3 aliphatic heterocycles. The molecule has 9 nitrogen and oxygen atoms in total. The van der Waals surface area contributed by atoms with Crippen LogP contribution in [0.5, 0.6) is 11.5 Å². The van der Waals surface area contributed by atoms with Crippen molar-refractivity contribution in [1.29, 1.82) is 0 Å². The Hall–Kier alpha value is -3.33. The molecule has 3 atom stereocenters. The molecule has 34 heavy (non-hydrogen) atoms. The fourth-order valence-corrected chi connectivity index (χ4v) is 4.25. The number of likely N-dealkylation sites (tertiary alicyclic amines) is 1. The molecule has 0 radical (unpaired) electrons. The largest absolute Gasteiger partial charge is 0.508 e. The van der Waals surface area contributed by atoms with Gasteiger partial charge in [-0.05, 0) is 37.5 Å². The smallest absolute Gasteiger partial charge is 0.342 e. The van der Waals surface area contributed by atoms with E-state index in [1.807, 2.05) is 12.2 Å². The number of cyclic esters (lactones) is 1. The van der Waals surface area contributed by atoms with Gasteiger partial charge in [-0.2, -0.15) is 0 Å². The highest BCUT2D eigenvalue weighted by atomic mass is 16.6. The molecule has 0 aliphatic carbocycles. The third kappa shape index (κ3) is 5.59. The molecule has 9 heteroatoms. The van der Waals surface area contributed by atoms with Crippen molar-refractivity contribution in [2.24, 2.45) is 5.16 Å². The zero-order valence-electron chi connectivity index (χ0n) is 19.4. The number of phenols is 2. The summed E-state index contributed by atoms with van der Waals surface area (Å²) in [5.74, 6) is -1.06. The van der Waals surface area contributed by atoms with Gasteiger partial charge in [-0.25, -0.2) is 4.79 Å². The average molecular weight is 471 g/mol. The standard InChI is InChI=1S/C25H30N2O7/c1-15-12-22-21(34-22)7-4-3-6-17(26-32-11-10-27-9-5-8-23(27)30)13-18-16(2)19(28)14-20(29)24(18)25(31)33-15/h3-4,6-7,14-15,21-22,28-29H,5,8-13H2,1-2H3/b6-3+,7-4-,26-17-/t15-,21?,22-/m1/s1. The van der Waals surface area contributed by atoms with Gasteiger partial charge < -0.3 is 29.4 Å². The van der Waals surface area contributed by atoms with E-state index >= 15 is 0 Å². The Balaban J connectivity index is 1.61. The van der Waals surface area contributed by atoms with E-state index in [0.717, 1.165) is 19.0 Å². The number of aromatic hydroxyl groups is 2. The van der Waals surface area contributed by atoms with Crippen LogP contribution >= 0.6 is 0 Å². The first-order valence-corrected chi connectivity index (χ1v) is 11.6. The van der Waals surface area contributed by atoms with Crippen LogP contribution < -0.4 is 0 Å². The number of nitrogens with zero attached hydrogens (tertiary/aromatic N) is 2. The number of oxime groups is 1. The number of esters is 1. The highest BCUT2D eigenvalue weighted by Crippen LogP contribution is 2.34. The normalized spacial score (nSPS) is 28.0. The number of carbonyl (C=O) groups excluding carboxylic acids is 2. The number of rotatable bonds is 4. The number of carbonyl (C=O) groups is 2. The van der Waals surface area contributed by atoms with Crippen LogP contribution in [0.2, 0.25) is 0 Å². The molecule has 2 fully saturated rings. The molecule has 1 amide bonds. The second-order valence-electron chi connectivity index (χ2n) is 8.81. The van der Waals surface area contributed by atoms with Gasteiger partial charge in [0.25, 0.3) is 0 Å². The second kappa shape index (κ2) is 10.3. The maximum absolute atomic E-state index is 13.0. The number of phenolic OH excluding ortho intramolecular Hbond substituents is 2. The minimum Gasteiger partial charge on any atom is -0.508 e. The molecule has 1 aromatic carbocycles. The molecule has 3 heterocycles. The van der Waals surface area contributed by atoms with E-state index in [1.54, 1.807) is 30.9 Å². The summed E-state index contributed by atoms with van der Waals surface area (Å²) in [6, 6.07) is 1.14. The molecule has 0 aromatic heterocycles. The van der Waals surface area contributed by atoms with Gasteiger partial charge in [-0.3, -0.25) is 4.79 Å². The number of epoxide rings is 1. The van der Waals surface area contributed by atoms with E-state index < -0.39 is 12.1 Å². The van der Waals surface area contributed by atoms with Gasteiger partial charge in [-0.1, -0.05) is 23.4 Å². The Morgan fingerprint density at radius 1 is 1.24 bits per heavy atom. The molecule has 1 unspecified atom stereocenters. The van der Waals surface area contributed by atoms with Crippen molar-refractivity contribution >= 4 is 17.6 Å². The minimum atomic E-state index is -0.676. The van der Waals surface area contributed by atoms with Crippen LogP contribution in [0, 0.1) is 6.92 Å². The summed E-state index contributed by atoms with van der Waals surface area (Å²) in [7, 11) is 0. The summed E-state index contributed by atoms with van der Waals surface area (Å²) in [4.78, 5) is 32.0. The van der Waals surface area contributed by atoms with E-state index in [2.05, 4.69) is 5.16 Å². The first-order valence-electron chi connectivity index (χ1n) is 11.6. The van der Waals surface area contributed by atoms with Gasteiger partial charge in [0.2, 0.25) is 5.91 Å². The Labute approximate surface area is 198 Å². The number of hydrogen-bond donors (Lipinski definition) is 2. The summed E-state index contributed by atoms with van der Waals surface area (Å²) in [6.07, 6.45) is 8.90. The summed E-state index contributed by atoms with van der Waals surface area (Å²) < 4.78 is 11.2. The van der Waals surface area contributed by atoms with Crippen molar-refractivity contribution in [3.05, 3.63) is 47.1 Å². The van der Waals surface area contributed by atoms with Crippen molar-refractivity contribution in [3.63, 3.8) is 0 Å². The minimum absolute atomic E-state index is 0.00761. The molecule has 182 valence electrons. The lowest BCUT2D eigenvalue weighted by Gasteiger charge is -2.18. The molecule has 0 bridgehead atoms. The maximum atomic E-state index is 13.0. The van der Waals surface area contributed by atoms with Crippen molar-refractivity contribution in [1.82, 2.24) is 4.90 Å². The van der Waals surface area contributed by atoms with Crippen LogP contribution in [0.1, 0.15) is 47.7 Å². The monoisotopic (exact) mass is 470 g/mol. The summed E-state index contributed by atoms with van der Waals surface area (Å²) in [5.41, 5.74) is 1.30. The number of hydrogen-bond acceptors (Lipinski definition) is 8. The van der Waals surface area contributed by atoms with Crippen molar-refractivity contribution in [3.8, 4) is 11.5 Å². The summed E-state index contributed by atoms with van der Waals surface area (Å²) in [5, 5.41) is 25.0. The van der Waals surface area contributed by atoms with Crippen LogP contribution in [0.3, 0.4) is 0 Å². The molecule has 4 rings (SSSR count). The predicted molar refractivity (Wildman–Crippen MR) is 124 cm³/mol. The second-order valence-corrected chi connectivity index (χ2v) is 8.81. The Bertz CT molecular complexity index is 1050. The fourth-order valence-electron chi connectivity index (χ4n) is 4.25. The van der Waals surface area contributed by atoms with Gasteiger partial charge in [0, 0.05) is 31.9 Å². The van der Waals surface area contributed by atoms with E-state index in [1.165, 1.54) is 0 Å². The quantitative estimate of drug-likeness (QED) is 0.300. The van der Waals surface area contributed by atoms with Crippen LogP contribution in [-0.4, -0.2) is 70.7 Å². The van der Waals surface area contributed by atoms with Crippen LogP contribution in [0.4, 0.5) is 0 Å². The first-order chi connectivity index (χ1) is 16.3. The predicted octanol–water partition coefficient (Wildman–Crippen LogP) is 2.77. The topological polar surface area (TPSA) is 121 Å². The Morgan fingerprint density at radius 3 is 2.82 bits per heavy atom. The third-order valence-electron chi connectivity index (χ3n) is 6.23. The molecule has 0 spiro atoms. The molecule has 0 saturated carbocycles. The Kier molecular flexibility index (Phi) is 7.21. The molecule has 3 aliphatic rings. The first kappa shape index (κ1) is 23.8.